The van der Waals surface area contributed by atoms with Crippen molar-refractivity contribution in [3.63, 3.8) is 0 Å². The van der Waals surface area contributed by atoms with E-state index in [0.717, 1.165) is 5.76 Å². The van der Waals surface area contributed by atoms with E-state index in [1.807, 2.05) is 26.0 Å². The summed E-state index contributed by atoms with van der Waals surface area (Å²) in [5.74, 6) is 1.16. The van der Waals surface area contributed by atoms with Gasteiger partial charge in [-0.15, -0.1) is 0 Å². The zero-order valence-electron chi connectivity index (χ0n) is 13.1. The van der Waals surface area contributed by atoms with Crippen molar-refractivity contribution >= 4 is 16.9 Å². The van der Waals surface area contributed by atoms with E-state index < -0.39 is 0 Å². The van der Waals surface area contributed by atoms with Crippen LogP contribution < -0.4 is 10.9 Å². The van der Waals surface area contributed by atoms with E-state index in [1.165, 1.54) is 21.8 Å². The first-order valence-electron chi connectivity index (χ1n) is 7.18. The largest absolute Gasteiger partial charge is 0.464 e. The molecule has 1 amide bonds. The summed E-state index contributed by atoms with van der Waals surface area (Å²) < 4.78 is 8.25. The highest BCUT2D eigenvalue weighted by molar-refractivity contribution is 5.77. The molecule has 120 valence electrons. The van der Waals surface area contributed by atoms with E-state index in [1.54, 1.807) is 7.05 Å². The van der Waals surface area contributed by atoms with Crippen molar-refractivity contribution < 1.29 is 9.21 Å². The number of furan rings is 1. The average Bonchev–Trinajstić information content (AvgIpc) is 3.09. The molecular weight excluding hydrogens is 298 g/mol. The Morgan fingerprint density at radius 1 is 1.43 bits per heavy atom. The van der Waals surface area contributed by atoms with E-state index in [2.05, 4.69) is 15.4 Å². The molecule has 3 heterocycles. The number of carbonyl (C=O) groups is 1. The predicted molar refractivity (Wildman–Crippen MR) is 82.8 cm³/mol. The maximum absolute atomic E-state index is 12.3. The van der Waals surface area contributed by atoms with Crippen LogP contribution in [0.25, 0.3) is 11.0 Å². The number of aromatic nitrogens is 4. The Hall–Kier alpha value is -2.90. The zero-order chi connectivity index (χ0) is 16.6. The van der Waals surface area contributed by atoms with Crippen LogP contribution in [0.2, 0.25) is 0 Å². The lowest BCUT2D eigenvalue weighted by Gasteiger charge is -2.12. The number of aryl methyl sites for hydroxylation is 2. The molecule has 0 aliphatic carbocycles. The molecule has 0 spiro atoms. The van der Waals surface area contributed by atoms with E-state index >= 15 is 0 Å². The van der Waals surface area contributed by atoms with Crippen molar-refractivity contribution in [1.82, 2.24) is 24.6 Å². The van der Waals surface area contributed by atoms with Gasteiger partial charge in [-0.25, -0.2) is 4.98 Å². The quantitative estimate of drug-likeness (QED) is 0.772. The molecule has 0 unspecified atom stereocenters. The second kappa shape index (κ2) is 5.71. The second-order valence-electron chi connectivity index (χ2n) is 5.42. The first kappa shape index (κ1) is 15.0. The molecule has 0 aromatic carbocycles. The molecule has 3 rings (SSSR count). The van der Waals surface area contributed by atoms with Gasteiger partial charge in [0.05, 0.1) is 12.2 Å². The summed E-state index contributed by atoms with van der Waals surface area (Å²) in [6.07, 6.45) is 2.81. The number of nitrogens with one attached hydrogen (secondary N) is 1. The summed E-state index contributed by atoms with van der Waals surface area (Å²) in [7, 11) is 1.71. The molecular formula is C15H17N5O3. The number of fused-ring (bicyclic) bond motifs is 1. The maximum Gasteiger partial charge on any atom is 0.264 e. The third kappa shape index (κ3) is 2.87. The summed E-state index contributed by atoms with van der Waals surface area (Å²) in [5.41, 5.74) is 0.200. The molecule has 8 heteroatoms. The van der Waals surface area contributed by atoms with Crippen molar-refractivity contribution in [2.75, 3.05) is 0 Å². The van der Waals surface area contributed by atoms with Crippen molar-refractivity contribution in [2.24, 2.45) is 7.05 Å². The van der Waals surface area contributed by atoms with Crippen molar-refractivity contribution in [1.29, 1.82) is 0 Å². The first-order valence-corrected chi connectivity index (χ1v) is 7.18. The molecule has 23 heavy (non-hydrogen) atoms. The molecule has 0 radical (unpaired) electrons. The lowest BCUT2D eigenvalue weighted by molar-refractivity contribution is -0.122. The molecule has 0 saturated heterocycles. The number of amides is 1. The van der Waals surface area contributed by atoms with Crippen molar-refractivity contribution in [3.8, 4) is 0 Å². The van der Waals surface area contributed by atoms with Crippen LogP contribution in [0.3, 0.4) is 0 Å². The van der Waals surface area contributed by atoms with Gasteiger partial charge < -0.3 is 9.73 Å². The Kier molecular flexibility index (Phi) is 3.73. The van der Waals surface area contributed by atoms with E-state index in [-0.39, 0.29) is 24.1 Å². The number of hydrogen-bond donors (Lipinski definition) is 1. The topological polar surface area (TPSA) is 95.0 Å². The van der Waals surface area contributed by atoms with Crippen LogP contribution in [0, 0.1) is 6.92 Å². The molecule has 1 N–H and O–H groups in total. The first-order chi connectivity index (χ1) is 11.0. The molecule has 8 nitrogen and oxygen atoms in total. The van der Waals surface area contributed by atoms with Gasteiger partial charge in [0.25, 0.3) is 5.56 Å². The Morgan fingerprint density at radius 3 is 2.91 bits per heavy atom. The van der Waals surface area contributed by atoms with Crippen LogP contribution in [-0.2, 0) is 18.4 Å². The van der Waals surface area contributed by atoms with Crippen molar-refractivity contribution in [2.45, 2.75) is 26.4 Å². The minimum absolute atomic E-state index is 0.110. The molecule has 0 fully saturated rings. The third-order valence-corrected chi connectivity index (χ3v) is 3.60. The van der Waals surface area contributed by atoms with Crippen LogP contribution in [-0.4, -0.2) is 25.2 Å². The fourth-order valence-corrected chi connectivity index (χ4v) is 2.38. The molecule has 1 atom stereocenters. The van der Waals surface area contributed by atoms with E-state index in [9.17, 15) is 9.59 Å². The van der Waals surface area contributed by atoms with Gasteiger partial charge in [-0.05, 0) is 26.0 Å². The van der Waals surface area contributed by atoms with Gasteiger partial charge in [-0.3, -0.25) is 18.8 Å². The second-order valence-corrected chi connectivity index (χ2v) is 5.42. The SMILES string of the molecule is Cc1ccc([C@H](C)NC(=O)Cn2cnc3c(cnn3C)c2=O)o1. The van der Waals surface area contributed by atoms with Crippen LogP contribution in [0.4, 0.5) is 0 Å². The van der Waals surface area contributed by atoms with Gasteiger partial charge >= 0.3 is 0 Å². The fraction of sp³-hybridized carbons (Fsp3) is 0.333. The number of nitrogens with zero attached hydrogens (tertiary/aromatic N) is 4. The molecule has 3 aromatic rings. The summed E-state index contributed by atoms with van der Waals surface area (Å²) in [5, 5.41) is 7.18. The average molecular weight is 315 g/mol. The number of carbonyl (C=O) groups excluding carboxylic acids is 1. The Morgan fingerprint density at radius 2 is 2.22 bits per heavy atom. The lowest BCUT2D eigenvalue weighted by atomic mass is 10.2. The lowest BCUT2D eigenvalue weighted by Crippen LogP contribution is -2.33. The van der Waals surface area contributed by atoms with Gasteiger partial charge in [0.1, 0.15) is 29.8 Å². The molecule has 3 aromatic heterocycles. The molecule has 0 aliphatic rings. The van der Waals surface area contributed by atoms with Crippen LogP contribution in [0.15, 0.2) is 33.9 Å². The highest BCUT2D eigenvalue weighted by atomic mass is 16.3. The standard InChI is InChI=1S/C15H17N5O3/c1-9-4-5-12(23-9)10(2)18-13(21)7-20-8-16-14-11(15(20)22)6-17-19(14)3/h4-6,8,10H,7H2,1-3H3,(H,18,21)/t10-/m0/s1. The fourth-order valence-electron chi connectivity index (χ4n) is 2.38. The van der Waals surface area contributed by atoms with Gasteiger partial charge in [0, 0.05) is 7.05 Å². The van der Waals surface area contributed by atoms with Gasteiger partial charge in [0.15, 0.2) is 5.65 Å². The summed E-state index contributed by atoms with van der Waals surface area (Å²) in [6, 6.07) is 3.38. The molecule has 0 bridgehead atoms. The summed E-state index contributed by atoms with van der Waals surface area (Å²) in [6.45, 7) is 3.55. The smallest absolute Gasteiger partial charge is 0.264 e. The van der Waals surface area contributed by atoms with Crippen LogP contribution in [0.5, 0.6) is 0 Å². The minimum atomic E-state index is -0.293. The highest BCUT2D eigenvalue weighted by Gasteiger charge is 2.15. The summed E-state index contributed by atoms with van der Waals surface area (Å²) in [4.78, 5) is 28.6. The van der Waals surface area contributed by atoms with Gasteiger partial charge in [0.2, 0.25) is 5.91 Å². The van der Waals surface area contributed by atoms with E-state index in [0.29, 0.717) is 16.8 Å². The minimum Gasteiger partial charge on any atom is -0.464 e. The number of rotatable bonds is 4. The molecule has 0 saturated carbocycles. The zero-order valence-corrected chi connectivity index (χ0v) is 13.1. The number of hydrogen-bond acceptors (Lipinski definition) is 5. The molecule has 0 aliphatic heterocycles. The van der Waals surface area contributed by atoms with Crippen molar-refractivity contribution in [3.05, 3.63) is 46.5 Å². The maximum atomic E-state index is 12.3. The Balaban J connectivity index is 1.75. The van der Waals surface area contributed by atoms with Crippen LogP contribution >= 0.6 is 0 Å². The van der Waals surface area contributed by atoms with Gasteiger partial charge in [-0.1, -0.05) is 0 Å². The third-order valence-electron chi connectivity index (χ3n) is 3.60. The Bertz CT molecular complexity index is 921. The van der Waals surface area contributed by atoms with E-state index in [4.69, 9.17) is 4.42 Å². The van der Waals surface area contributed by atoms with Crippen LogP contribution in [0.1, 0.15) is 24.5 Å². The van der Waals surface area contributed by atoms with Gasteiger partial charge in [-0.2, -0.15) is 5.10 Å². The normalized spacial score (nSPS) is 12.5. The Labute approximate surface area is 131 Å². The summed E-state index contributed by atoms with van der Waals surface area (Å²) >= 11 is 0. The monoisotopic (exact) mass is 315 g/mol. The predicted octanol–water partition coefficient (Wildman–Crippen LogP) is 0.909. The highest BCUT2D eigenvalue weighted by Crippen LogP contribution is 2.15.